The predicted molar refractivity (Wildman–Crippen MR) is 64.4 cm³/mol. The van der Waals surface area contributed by atoms with Gasteiger partial charge in [0.1, 0.15) is 6.61 Å². The highest BCUT2D eigenvalue weighted by atomic mass is 19.1. The maximum absolute atomic E-state index is 13.1. The van der Waals surface area contributed by atoms with Gasteiger partial charge in [0.05, 0.1) is 6.54 Å². The molecule has 0 aliphatic rings. The molecular formula is C13H18FNO2. The van der Waals surface area contributed by atoms with Crippen molar-refractivity contribution >= 4 is 5.91 Å². The first-order chi connectivity index (χ1) is 8.09. The van der Waals surface area contributed by atoms with Crippen molar-refractivity contribution in [2.45, 2.75) is 20.3 Å². The van der Waals surface area contributed by atoms with E-state index in [1.807, 2.05) is 13.8 Å². The van der Waals surface area contributed by atoms with Crippen LogP contribution in [0, 0.1) is 11.7 Å². The van der Waals surface area contributed by atoms with Crippen molar-refractivity contribution in [2.24, 2.45) is 5.92 Å². The van der Waals surface area contributed by atoms with Crippen molar-refractivity contribution in [2.75, 3.05) is 13.2 Å². The fourth-order valence-corrected chi connectivity index (χ4v) is 1.36. The van der Waals surface area contributed by atoms with E-state index in [1.165, 1.54) is 6.07 Å². The summed E-state index contributed by atoms with van der Waals surface area (Å²) in [5.41, 5.74) is 0. The Labute approximate surface area is 101 Å². The number of benzene rings is 1. The van der Waals surface area contributed by atoms with Crippen LogP contribution in [0.25, 0.3) is 0 Å². The average Bonchev–Trinajstić information content (AvgIpc) is 2.25. The number of hydrogen-bond donors (Lipinski definition) is 1. The summed E-state index contributed by atoms with van der Waals surface area (Å²) in [6.07, 6.45) is 0.500. The summed E-state index contributed by atoms with van der Waals surface area (Å²) in [5, 5.41) is 2.72. The van der Waals surface area contributed by atoms with Crippen LogP contribution in [-0.4, -0.2) is 19.1 Å². The van der Waals surface area contributed by atoms with Gasteiger partial charge in [0.15, 0.2) is 11.6 Å². The van der Waals surface area contributed by atoms with Crippen molar-refractivity contribution in [1.29, 1.82) is 0 Å². The van der Waals surface area contributed by atoms with Gasteiger partial charge in [0.25, 0.3) is 0 Å². The third kappa shape index (κ3) is 5.33. The van der Waals surface area contributed by atoms with Gasteiger partial charge in [-0.05, 0) is 18.1 Å². The van der Waals surface area contributed by atoms with Crippen LogP contribution in [0.4, 0.5) is 4.39 Å². The van der Waals surface area contributed by atoms with Crippen molar-refractivity contribution in [3.8, 4) is 5.75 Å². The number of ether oxygens (including phenoxy) is 1. The van der Waals surface area contributed by atoms with E-state index in [4.69, 9.17) is 4.74 Å². The van der Waals surface area contributed by atoms with E-state index >= 15 is 0 Å². The number of hydrogen-bond acceptors (Lipinski definition) is 2. The minimum absolute atomic E-state index is 0.00265. The Morgan fingerprint density at radius 1 is 1.41 bits per heavy atom. The van der Waals surface area contributed by atoms with Crippen LogP contribution in [-0.2, 0) is 4.79 Å². The van der Waals surface area contributed by atoms with Crippen LogP contribution in [0.1, 0.15) is 20.3 Å². The summed E-state index contributed by atoms with van der Waals surface area (Å²) in [4.78, 5) is 11.3. The summed E-state index contributed by atoms with van der Waals surface area (Å²) >= 11 is 0. The van der Waals surface area contributed by atoms with Crippen molar-refractivity contribution in [1.82, 2.24) is 5.32 Å². The van der Waals surface area contributed by atoms with Gasteiger partial charge in [-0.25, -0.2) is 4.39 Å². The second kappa shape index (κ2) is 6.89. The molecule has 17 heavy (non-hydrogen) atoms. The first kappa shape index (κ1) is 13.5. The lowest BCUT2D eigenvalue weighted by molar-refractivity contribution is -0.121. The Morgan fingerprint density at radius 2 is 2.12 bits per heavy atom. The largest absolute Gasteiger partial charge is 0.489 e. The summed E-state index contributed by atoms with van der Waals surface area (Å²) in [6.45, 7) is 4.62. The molecule has 3 nitrogen and oxygen atoms in total. The van der Waals surface area contributed by atoms with Gasteiger partial charge in [-0.2, -0.15) is 0 Å². The minimum Gasteiger partial charge on any atom is -0.489 e. The Kier molecular flexibility index (Phi) is 5.46. The monoisotopic (exact) mass is 239 g/mol. The Bertz CT molecular complexity index is 366. The lowest BCUT2D eigenvalue weighted by atomic mass is 10.1. The van der Waals surface area contributed by atoms with Gasteiger partial charge in [-0.1, -0.05) is 26.0 Å². The highest BCUT2D eigenvalue weighted by molar-refractivity contribution is 5.75. The van der Waals surface area contributed by atoms with Crippen LogP contribution < -0.4 is 10.1 Å². The van der Waals surface area contributed by atoms with Gasteiger partial charge < -0.3 is 10.1 Å². The summed E-state index contributed by atoms with van der Waals surface area (Å²) < 4.78 is 18.3. The number of nitrogens with one attached hydrogen (secondary N) is 1. The van der Waals surface area contributed by atoms with Crippen LogP contribution in [0.3, 0.4) is 0 Å². The summed E-state index contributed by atoms with van der Waals surface area (Å²) in [6, 6.07) is 6.21. The fourth-order valence-electron chi connectivity index (χ4n) is 1.36. The molecule has 94 valence electrons. The molecule has 1 rings (SSSR count). The van der Waals surface area contributed by atoms with Crippen LogP contribution in [0.2, 0.25) is 0 Å². The Balaban J connectivity index is 2.21. The molecular weight excluding hydrogens is 221 g/mol. The topological polar surface area (TPSA) is 38.3 Å². The quantitative estimate of drug-likeness (QED) is 0.774. The summed E-state index contributed by atoms with van der Waals surface area (Å²) in [7, 11) is 0. The van der Waals surface area contributed by atoms with E-state index in [-0.39, 0.29) is 24.1 Å². The third-order valence-electron chi connectivity index (χ3n) is 2.11. The molecule has 0 bridgehead atoms. The van der Waals surface area contributed by atoms with Crippen molar-refractivity contribution in [3.05, 3.63) is 30.1 Å². The molecule has 0 atom stereocenters. The molecule has 0 heterocycles. The van der Waals surface area contributed by atoms with Crippen molar-refractivity contribution in [3.63, 3.8) is 0 Å². The highest BCUT2D eigenvalue weighted by Gasteiger charge is 2.04. The van der Waals surface area contributed by atoms with Crippen LogP contribution in [0.5, 0.6) is 5.75 Å². The molecule has 0 unspecified atom stereocenters. The molecule has 0 aromatic heterocycles. The molecule has 1 amide bonds. The zero-order valence-electron chi connectivity index (χ0n) is 10.2. The molecule has 0 spiro atoms. The molecule has 0 aliphatic carbocycles. The molecule has 0 radical (unpaired) electrons. The predicted octanol–water partition coefficient (Wildman–Crippen LogP) is 2.37. The van der Waals surface area contributed by atoms with Gasteiger partial charge in [-0.15, -0.1) is 0 Å². The molecule has 0 saturated carbocycles. The second-order valence-corrected chi connectivity index (χ2v) is 4.23. The number of carbonyl (C=O) groups is 1. The fraction of sp³-hybridized carbons (Fsp3) is 0.462. The normalized spacial score (nSPS) is 10.4. The molecule has 0 fully saturated rings. The van der Waals surface area contributed by atoms with Gasteiger partial charge in [0.2, 0.25) is 5.91 Å². The third-order valence-corrected chi connectivity index (χ3v) is 2.11. The van der Waals surface area contributed by atoms with E-state index in [2.05, 4.69) is 5.32 Å². The lowest BCUT2D eigenvalue weighted by Gasteiger charge is -2.09. The molecule has 1 aromatic carbocycles. The Hall–Kier alpha value is -1.58. The SMILES string of the molecule is CC(C)CC(=O)NCCOc1ccccc1F. The highest BCUT2D eigenvalue weighted by Crippen LogP contribution is 2.14. The average molecular weight is 239 g/mol. The molecule has 1 N–H and O–H groups in total. The standard InChI is InChI=1S/C13H18FNO2/c1-10(2)9-13(16)15-7-8-17-12-6-4-3-5-11(12)14/h3-6,10H,7-9H2,1-2H3,(H,15,16). The van der Waals surface area contributed by atoms with E-state index in [0.29, 0.717) is 18.9 Å². The Morgan fingerprint density at radius 3 is 2.76 bits per heavy atom. The molecule has 0 saturated heterocycles. The maximum Gasteiger partial charge on any atom is 0.220 e. The van der Waals surface area contributed by atoms with Gasteiger partial charge >= 0.3 is 0 Å². The summed E-state index contributed by atoms with van der Waals surface area (Å²) in [5.74, 6) is 0.159. The van der Waals surface area contributed by atoms with E-state index in [0.717, 1.165) is 0 Å². The molecule has 1 aromatic rings. The smallest absolute Gasteiger partial charge is 0.220 e. The van der Waals surface area contributed by atoms with E-state index in [9.17, 15) is 9.18 Å². The zero-order valence-corrected chi connectivity index (χ0v) is 10.2. The second-order valence-electron chi connectivity index (χ2n) is 4.23. The van der Waals surface area contributed by atoms with Crippen LogP contribution >= 0.6 is 0 Å². The number of halogens is 1. The first-order valence-electron chi connectivity index (χ1n) is 5.73. The van der Waals surface area contributed by atoms with E-state index in [1.54, 1.807) is 18.2 Å². The van der Waals surface area contributed by atoms with E-state index < -0.39 is 0 Å². The molecule has 0 aliphatic heterocycles. The number of amides is 1. The first-order valence-corrected chi connectivity index (χ1v) is 5.73. The maximum atomic E-state index is 13.1. The zero-order chi connectivity index (χ0) is 12.7. The number of para-hydroxylation sites is 1. The minimum atomic E-state index is -0.388. The number of carbonyl (C=O) groups excluding carboxylic acids is 1. The van der Waals surface area contributed by atoms with Gasteiger partial charge in [-0.3, -0.25) is 4.79 Å². The van der Waals surface area contributed by atoms with Crippen LogP contribution in [0.15, 0.2) is 24.3 Å². The molecule has 4 heteroatoms. The van der Waals surface area contributed by atoms with Crippen molar-refractivity contribution < 1.29 is 13.9 Å². The lowest BCUT2D eigenvalue weighted by Crippen LogP contribution is -2.28. The number of rotatable bonds is 6. The van der Waals surface area contributed by atoms with Gasteiger partial charge in [0, 0.05) is 6.42 Å².